The average Bonchev–Trinajstić information content (AvgIpc) is 2.04. The number of aliphatic hydroxyl groups excluding tert-OH is 1. The van der Waals surface area contributed by atoms with Gasteiger partial charge in [0.05, 0.1) is 17.6 Å². The van der Waals surface area contributed by atoms with Gasteiger partial charge < -0.3 is 5.11 Å². The van der Waals surface area contributed by atoms with Crippen molar-refractivity contribution in [2.75, 3.05) is 0 Å². The molecule has 1 heterocycles. The second kappa shape index (κ2) is 3.45. The molecule has 0 fully saturated rings. The summed E-state index contributed by atoms with van der Waals surface area (Å²) in [6.45, 7) is 7.24. The first kappa shape index (κ1) is 8.87. The number of aryl methyl sites for hydroxylation is 1. The van der Waals surface area contributed by atoms with Crippen LogP contribution in [-0.4, -0.2) is 15.1 Å². The summed E-state index contributed by atoms with van der Waals surface area (Å²) in [4.78, 5) is 8.05. The van der Waals surface area contributed by atoms with Crippen LogP contribution in [0.25, 0.3) is 0 Å². The molecule has 0 bridgehead atoms. The Morgan fingerprint density at radius 3 is 2.58 bits per heavy atom. The molecule has 0 radical (unpaired) electrons. The van der Waals surface area contributed by atoms with Gasteiger partial charge >= 0.3 is 0 Å². The summed E-state index contributed by atoms with van der Waals surface area (Å²) in [5.74, 6) is 0. The van der Waals surface area contributed by atoms with E-state index in [-0.39, 0.29) is 0 Å². The van der Waals surface area contributed by atoms with E-state index in [1.807, 2.05) is 6.92 Å². The van der Waals surface area contributed by atoms with Crippen LogP contribution in [0, 0.1) is 6.92 Å². The van der Waals surface area contributed by atoms with Gasteiger partial charge in [0, 0.05) is 6.20 Å². The molecule has 1 atom stereocenters. The lowest BCUT2D eigenvalue weighted by molar-refractivity contribution is 0.211. The third-order valence-electron chi connectivity index (χ3n) is 1.55. The number of hydrogen-bond donors (Lipinski definition) is 1. The third kappa shape index (κ3) is 1.89. The van der Waals surface area contributed by atoms with E-state index in [0.29, 0.717) is 11.3 Å². The van der Waals surface area contributed by atoms with Crippen LogP contribution >= 0.6 is 0 Å². The minimum Gasteiger partial charge on any atom is -0.382 e. The van der Waals surface area contributed by atoms with Crippen LogP contribution in [0.4, 0.5) is 0 Å². The smallest absolute Gasteiger partial charge is 0.118 e. The zero-order chi connectivity index (χ0) is 9.14. The Hall–Kier alpha value is -1.22. The van der Waals surface area contributed by atoms with Crippen molar-refractivity contribution in [3.8, 4) is 0 Å². The monoisotopic (exact) mass is 164 g/mol. The summed E-state index contributed by atoms with van der Waals surface area (Å²) in [6, 6.07) is 0. The number of rotatable bonds is 2. The fourth-order valence-corrected chi connectivity index (χ4v) is 0.796. The van der Waals surface area contributed by atoms with E-state index in [9.17, 15) is 5.11 Å². The maximum absolute atomic E-state index is 9.49. The summed E-state index contributed by atoms with van der Waals surface area (Å²) in [6.07, 6.45) is 2.49. The summed E-state index contributed by atoms with van der Waals surface area (Å²) >= 11 is 0. The minimum absolute atomic E-state index is 0.549. The molecule has 0 aromatic carbocycles. The van der Waals surface area contributed by atoms with Crippen LogP contribution in [0.15, 0.2) is 24.5 Å². The van der Waals surface area contributed by atoms with Gasteiger partial charge in [-0.2, -0.15) is 0 Å². The SMILES string of the molecule is C=C(C)C(O)c1cnc(C)cn1. The molecular formula is C9H12N2O. The van der Waals surface area contributed by atoms with Crippen molar-refractivity contribution in [2.45, 2.75) is 20.0 Å². The van der Waals surface area contributed by atoms with Crippen LogP contribution in [0.5, 0.6) is 0 Å². The van der Waals surface area contributed by atoms with Gasteiger partial charge in [-0.25, -0.2) is 0 Å². The zero-order valence-electron chi connectivity index (χ0n) is 7.28. The summed E-state index contributed by atoms with van der Waals surface area (Å²) in [5.41, 5.74) is 2.06. The fraction of sp³-hybridized carbons (Fsp3) is 0.333. The molecule has 0 amide bonds. The lowest BCUT2D eigenvalue weighted by Crippen LogP contribution is -2.01. The molecule has 1 rings (SSSR count). The van der Waals surface area contributed by atoms with Crippen molar-refractivity contribution in [3.05, 3.63) is 35.9 Å². The largest absolute Gasteiger partial charge is 0.382 e. The van der Waals surface area contributed by atoms with Gasteiger partial charge in [0.25, 0.3) is 0 Å². The van der Waals surface area contributed by atoms with Gasteiger partial charge in [-0.05, 0) is 19.4 Å². The first-order valence-electron chi connectivity index (χ1n) is 3.73. The Morgan fingerprint density at radius 2 is 2.17 bits per heavy atom. The van der Waals surface area contributed by atoms with Gasteiger partial charge in [0.2, 0.25) is 0 Å². The van der Waals surface area contributed by atoms with E-state index in [2.05, 4.69) is 16.5 Å². The zero-order valence-corrected chi connectivity index (χ0v) is 7.28. The van der Waals surface area contributed by atoms with Crippen LogP contribution < -0.4 is 0 Å². The Balaban J connectivity index is 2.89. The highest BCUT2D eigenvalue weighted by molar-refractivity contribution is 5.13. The van der Waals surface area contributed by atoms with Crippen LogP contribution in [0.1, 0.15) is 24.4 Å². The maximum atomic E-state index is 9.49. The highest BCUT2D eigenvalue weighted by Gasteiger charge is 2.08. The van der Waals surface area contributed by atoms with E-state index in [1.165, 1.54) is 0 Å². The molecule has 0 saturated carbocycles. The highest BCUT2D eigenvalue weighted by atomic mass is 16.3. The minimum atomic E-state index is -0.696. The molecule has 0 saturated heterocycles. The summed E-state index contributed by atoms with van der Waals surface area (Å²) in [7, 11) is 0. The van der Waals surface area contributed by atoms with Gasteiger partial charge in [-0.15, -0.1) is 0 Å². The Labute approximate surface area is 71.8 Å². The predicted octanol–water partition coefficient (Wildman–Crippen LogP) is 1.39. The van der Waals surface area contributed by atoms with E-state index in [1.54, 1.807) is 19.3 Å². The Morgan fingerprint density at radius 1 is 1.50 bits per heavy atom. The molecular weight excluding hydrogens is 152 g/mol. The molecule has 1 unspecified atom stereocenters. The molecule has 0 aliphatic heterocycles. The van der Waals surface area contributed by atoms with E-state index < -0.39 is 6.10 Å². The highest BCUT2D eigenvalue weighted by Crippen LogP contribution is 2.15. The molecule has 12 heavy (non-hydrogen) atoms. The van der Waals surface area contributed by atoms with Crippen molar-refractivity contribution < 1.29 is 5.11 Å². The van der Waals surface area contributed by atoms with Gasteiger partial charge in [0.15, 0.2) is 0 Å². The number of nitrogens with zero attached hydrogens (tertiary/aromatic N) is 2. The van der Waals surface area contributed by atoms with E-state index in [4.69, 9.17) is 0 Å². The average molecular weight is 164 g/mol. The van der Waals surface area contributed by atoms with Crippen LogP contribution in [0.3, 0.4) is 0 Å². The quantitative estimate of drug-likeness (QED) is 0.672. The van der Waals surface area contributed by atoms with Gasteiger partial charge in [-0.1, -0.05) is 6.58 Å². The number of aromatic nitrogens is 2. The van der Waals surface area contributed by atoms with Gasteiger partial charge in [0.1, 0.15) is 6.10 Å². The van der Waals surface area contributed by atoms with Crippen LogP contribution in [0.2, 0.25) is 0 Å². The Bertz CT molecular complexity index is 279. The first-order valence-corrected chi connectivity index (χ1v) is 3.73. The van der Waals surface area contributed by atoms with E-state index >= 15 is 0 Å². The first-order chi connectivity index (χ1) is 5.61. The third-order valence-corrected chi connectivity index (χ3v) is 1.55. The van der Waals surface area contributed by atoms with Crippen molar-refractivity contribution in [1.82, 2.24) is 9.97 Å². The van der Waals surface area contributed by atoms with Gasteiger partial charge in [-0.3, -0.25) is 9.97 Å². The van der Waals surface area contributed by atoms with Crippen molar-refractivity contribution >= 4 is 0 Å². The van der Waals surface area contributed by atoms with Crippen LogP contribution in [-0.2, 0) is 0 Å². The Kier molecular flexibility index (Phi) is 2.55. The molecule has 3 heteroatoms. The molecule has 1 aromatic heterocycles. The summed E-state index contributed by atoms with van der Waals surface area (Å²) < 4.78 is 0. The van der Waals surface area contributed by atoms with E-state index in [0.717, 1.165) is 5.69 Å². The van der Waals surface area contributed by atoms with Crippen molar-refractivity contribution in [3.63, 3.8) is 0 Å². The fourth-order valence-electron chi connectivity index (χ4n) is 0.796. The molecule has 3 nitrogen and oxygen atoms in total. The van der Waals surface area contributed by atoms with Crippen molar-refractivity contribution in [2.24, 2.45) is 0 Å². The molecule has 64 valence electrons. The molecule has 0 aliphatic rings. The number of hydrogen-bond acceptors (Lipinski definition) is 3. The summed E-state index contributed by atoms with van der Waals surface area (Å²) in [5, 5.41) is 9.49. The molecule has 0 spiro atoms. The topological polar surface area (TPSA) is 46.0 Å². The normalized spacial score (nSPS) is 12.6. The second-order valence-electron chi connectivity index (χ2n) is 2.83. The molecule has 1 aromatic rings. The lowest BCUT2D eigenvalue weighted by Gasteiger charge is -2.08. The predicted molar refractivity (Wildman–Crippen MR) is 46.5 cm³/mol. The molecule has 0 aliphatic carbocycles. The van der Waals surface area contributed by atoms with Crippen molar-refractivity contribution in [1.29, 1.82) is 0 Å². The number of aliphatic hydroxyl groups is 1. The lowest BCUT2D eigenvalue weighted by atomic mass is 10.1. The maximum Gasteiger partial charge on any atom is 0.118 e. The standard InChI is InChI=1S/C9H12N2O/c1-6(2)9(12)8-5-10-7(3)4-11-8/h4-5,9,12H,1H2,2-3H3. The molecule has 1 N–H and O–H groups in total. The second-order valence-corrected chi connectivity index (χ2v) is 2.83.